The Morgan fingerprint density at radius 1 is 1.07 bits per heavy atom. The third kappa shape index (κ3) is 3.26. The second-order valence-corrected chi connectivity index (χ2v) is 8.70. The Kier molecular flexibility index (Phi) is 4.62. The van der Waals surface area contributed by atoms with Crippen LogP contribution in [0.3, 0.4) is 0 Å². The number of ketones is 1. The lowest BCUT2D eigenvalue weighted by molar-refractivity contribution is -0.121. The molecule has 0 aromatic heterocycles. The van der Waals surface area contributed by atoms with Gasteiger partial charge in [-0.25, -0.2) is 4.39 Å². The van der Waals surface area contributed by atoms with Gasteiger partial charge in [0.15, 0.2) is 5.78 Å². The van der Waals surface area contributed by atoms with E-state index in [1.165, 1.54) is 12.1 Å². The van der Waals surface area contributed by atoms with Crippen molar-refractivity contribution < 1.29 is 14.0 Å². The number of para-hydroxylation sites is 1. The molecular formula is C23H21ClFNO2. The van der Waals surface area contributed by atoms with E-state index in [2.05, 4.69) is 0 Å². The van der Waals surface area contributed by atoms with E-state index in [1.54, 1.807) is 35.2 Å². The lowest BCUT2D eigenvalue weighted by Gasteiger charge is -2.43. The average molecular weight is 398 g/mol. The van der Waals surface area contributed by atoms with E-state index in [1.807, 2.05) is 19.9 Å². The molecule has 0 radical (unpaired) electrons. The maximum atomic E-state index is 13.8. The van der Waals surface area contributed by atoms with Crippen LogP contribution in [0.1, 0.15) is 44.6 Å². The third-order valence-corrected chi connectivity index (χ3v) is 5.81. The van der Waals surface area contributed by atoms with Gasteiger partial charge in [0.05, 0.1) is 10.7 Å². The highest BCUT2D eigenvalue weighted by atomic mass is 35.5. The molecule has 1 aliphatic heterocycles. The van der Waals surface area contributed by atoms with Gasteiger partial charge in [0.2, 0.25) is 5.91 Å². The number of halogens is 2. The first kappa shape index (κ1) is 18.9. The second-order valence-electron chi connectivity index (χ2n) is 8.29. The lowest BCUT2D eigenvalue weighted by atomic mass is 9.69. The molecule has 1 aliphatic carbocycles. The summed E-state index contributed by atoms with van der Waals surface area (Å²) in [4.78, 5) is 28.0. The smallest absolute Gasteiger partial charge is 0.232 e. The summed E-state index contributed by atoms with van der Waals surface area (Å²) in [6.07, 6.45) is 1.10. The van der Waals surface area contributed by atoms with Gasteiger partial charge in [-0.1, -0.05) is 49.7 Å². The van der Waals surface area contributed by atoms with E-state index in [9.17, 15) is 14.0 Å². The molecular weight excluding hydrogens is 377 g/mol. The molecule has 0 fully saturated rings. The Hall–Kier alpha value is -2.46. The summed E-state index contributed by atoms with van der Waals surface area (Å²) in [6.45, 7) is 4.05. The molecule has 1 heterocycles. The molecule has 0 saturated heterocycles. The number of anilines is 1. The minimum absolute atomic E-state index is 0.0186. The minimum Gasteiger partial charge on any atom is -0.294 e. The summed E-state index contributed by atoms with van der Waals surface area (Å²) in [5.41, 5.74) is 2.29. The Morgan fingerprint density at radius 3 is 2.54 bits per heavy atom. The zero-order chi connectivity index (χ0) is 20.1. The number of allylic oxidation sites excluding steroid dienone is 2. The van der Waals surface area contributed by atoms with Crippen molar-refractivity contribution in [2.75, 3.05) is 4.90 Å². The van der Waals surface area contributed by atoms with Gasteiger partial charge in [0.25, 0.3) is 0 Å². The fourth-order valence-electron chi connectivity index (χ4n) is 4.34. The molecule has 144 valence electrons. The van der Waals surface area contributed by atoms with E-state index in [0.717, 1.165) is 0 Å². The fourth-order valence-corrected chi connectivity index (χ4v) is 4.56. The van der Waals surface area contributed by atoms with Crippen LogP contribution in [0.5, 0.6) is 0 Å². The molecule has 1 unspecified atom stereocenters. The van der Waals surface area contributed by atoms with Crippen LogP contribution in [-0.4, -0.2) is 11.7 Å². The first-order chi connectivity index (χ1) is 13.3. The number of carbonyl (C=O) groups excluding carboxylic acids is 2. The van der Waals surface area contributed by atoms with Crippen molar-refractivity contribution in [2.24, 2.45) is 5.41 Å². The Bertz CT molecular complexity index is 1010. The highest BCUT2D eigenvalue weighted by molar-refractivity contribution is 6.34. The van der Waals surface area contributed by atoms with Gasteiger partial charge in [0.1, 0.15) is 5.82 Å². The SMILES string of the molecule is CC1(C)CC(=O)C2=C(C1)N(c1ccccc1Cl)C(=O)CC2c1cccc(F)c1. The van der Waals surface area contributed by atoms with E-state index >= 15 is 0 Å². The molecule has 2 aromatic rings. The summed E-state index contributed by atoms with van der Waals surface area (Å²) >= 11 is 6.38. The van der Waals surface area contributed by atoms with Gasteiger partial charge in [0, 0.05) is 30.0 Å². The van der Waals surface area contributed by atoms with Crippen LogP contribution in [0.2, 0.25) is 5.02 Å². The number of hydrogen-bond acceptors (Lipinski definition) is 2. The molecule has 28 heavy (non-hydrogen) atoms. The monoisotopic (exact) mass is 397 g/mol. The Morgan fingerprint density at radius 2 is 1.82 bits per heavy atom. The lowest BCUT2D eigenvalue weighted by Crippen LogP contribution is -2.43. The first-order valence-electron chi connectivity index (χ1n) is 9.36. The maximum Gasteiger partial charge on any atom is 0.232 e. The van der Waals surface area contributed by atoms with E-state index in [4.69, 9.17) is 11.6 Å². The topological polar surface area (TPSA) is 37.4 Å². The zero-order valence-corrected chi connectivity index (χ0v) is 16.6. The molecule has 0 N–H and O–H groups in total. The number of rotatable bonds is 2. The number of nitrogens with zero attached hydrogens (tertiary/aromatic N) is 1. The predicted molar refractivity (Wildman–Crippen MR) is 108 cm³/mol. The van der Waals surface area contributed by atoms with Crippen molar-refractivity contribution in [1.82, 2.24) is 0 Å². The molecule has 0 saturated carbocycles. The average Bonchev–Trinajstić information content (AvgIpc) is 2.61. The first-order valence-corrected chi connectivity index (χ1v) is 9.74. The highest BCUT2D eigenvalue weighted by Gasteiger charge is 2.44. The summed E-state index contributed by atoms with van der Waals surface area (Å²) in [5, 5.41) is 0.461. The second kappa shape index (κ2) is 6.85. The number of carbonyl (C=O) groups is 2. The number of Topliss-reactive ketones (excluding diaryl/α,β-unsaturated/α-hetero) is 1. The van der Waals surface area contributed by atoms with Gasteiger partial charge in [-0.05, 0) is 41.7 Å². The summed E-state index contributed by atoms with van der Waals surface area (Å²) in [5.74, 6) is -0.915. The number of benzene rings is 2. The van der Waals surface area contributed by atoms with Gasteiger partial charge < -0.3 is 0 Å². The highest BCUT2D eigenvalue weighted by Crippen LogP contribution is 2.48. The van der Waals surface area contributed by atoms with Crippen LogP contribution in [0.15, 0.2) is 59.8 Å². The Balaban J connectivity index is 1.93. The summed E-state index contributed by atoms with van der Waals surface area (Å²) in [6, 6.07) is 13.3. The van der Waals surface area contributed by atoms with Gasteiger partial charge in [-0.2, -0.15) is 0 Å². The van der Waals surface area contributed by atoms with E-state index < -0.39 is 5.92 Å². The van der Waals surface area contributed by atoms with Crippen LogP contribution in [0, 0.1) is 11.2 Å². The van der Waals surface area contributed by atoms with Crippen molar-refractivity contribution in [2.45, 2.75) is 39.0 Å². The molecule has 2 aliphatic rings. The number of amides is 1. The quantitative estimate of drug-likeness (QED) is 0.657. The molecule has 2 aromatic carbocycles. The molecule has 3 nitrogen and oxygen atoms in total. The van der Waals surface area contributed by atoms with Crippen molar-refractivity contribution >= 4 is 29.0 Å². The zero-order valence-electron chi connectivity index (χ0n) is 15.8. The van der Waals surface area contributed by atoms with Gasteiger partial charge in [-0.3, -0.25) is 14.5 Å². The van der Waals surface area contributed by atoms with E-state index in [-0.39, 0.29) is 29.3 Å². The van der Waals surface area contributed by atoms with Crippen LogP contribution in [-0.2, 0) is 9.59 Å². The van der Waals surface area contributed by atoms with Gasteiger partial charge in [-0.15, -0.1) is 0 Å². The molecule has 1 atom stereocenters. The van der Waals surface area contributed by atoms with Crippen molar-refractivity contribution in [3.8, 4) is 0 Å². The fraction of sp³-hybridized carbons (Fsp3) is 0.304. The number of hydrogen-bond donors (Lipinski definition) is 0. The largest absolute Gasteiger partial charge is 0.294 e. The summed E-state index contributed by atoms with van der Waals surface area (Å²) < 4.78 is 13.8. The molecule has 1 amide bonds. The molecule has 0 spiro atoms. The minimum atomic E-state index is -0.430. The third-order valence-electron chi connectivity index (χ3n) is 5.49. The van der Waals surface area contributed by atoms with Crippen LogP contribution < -0.4 is 4.90 Å². The van der Waals surface area contributed by atoms with Crippen LogP contribution >= 0.6 is 11.6 Å². The van der Waals surface area contributed by atoms with Crippen molar-refractivity contribution in [3.63, 3.8) is 0 Å². The maximum absolute atomic E-state index is 13.8. The molecule has 0 bridgehead atoms. The predicted octanol–water partition coefficient (Wildman–Crippen LogP) is 5.64. The normalized spacial score (nSPS) is 21.7. The Labute approximate surface area is 168 Å². The van der Waals surface area contributed by atoms with Crippen LogP contribution in [0.25, 0.3) is 0 Å². The van der Waals surface area contributed by atoms with Gasteiger partial charge >= 0.3 is 0 Å². The summed E-state index contributed by atoms with van der Waals surface area (Å²) in [7, 11) is 0. The van der Waals surface area contributed by atoms with Crippen LogP contribution in [0.4, 0.5) is 10.1 Å². The van der Waals surface area contributed by atoms with Crippen molar-refractivity contribution in [3.05, 3.63) is 76.2 Å². The standard InChI is InChI=1S/C23H21ClFNO2/c1-23(2)12-19-22(20(27)13-23)16(14-6-5-7-15(25)10-14)11-21(28)26(19)18-9-4-3-8-17(18)24/h3-10,16H,11-13H2,1-2H3. The van der Waals surface area contributed by atoms with E-state index in [0.29, 0.717) is 40.4 Å². The molecule has 4 rings (SSSR count). The molecule has 5 heteroatoms. The van der Waals surface area contributed by atoms with Crippen molar-refractivity contribution in [1.29, 1.82) is 0 Å².